The molecule has 2 heterocycles. The standard InChI is InChI=1S/C38H41N9O15S/c48-30(15-33(49)40-26-13-14-43(18-26)34(50)32-16-31(63)19-44(32)38(53)62-22-25-5-11-29(12-6-25)47(58)59)17-39-35(41-36(51)60-20-23-1-7-27(8-2-23)45(54)55)42-37(52)61-21-24-3-9-28(10-4-24)46(56)57/h1-12,26,30-32,48,63H,13-22H2,(H,40,49)(H2,39,41,42,51,52)/t26-,30?,31-,32-/m0/s1. The van der Waals surface area contributed by atoms with Crippen molar-refractivity contribution in [1.82, 2.24) is 25.8 Å². The van der Waals surface area contributed by atoms with Crippen LogP contribution in [0, 0.1) is 30.3 Å². The van der Waals surface area contributed by atoms with Gasteiger partial charge in [-0.2, -0.15) is 12.6 Å². The maximum Gasteiger partial charge on any atom is 0.437 e. The Balaban J connectivity index is 1.10. The second-order valence-corrected chi connectivity index (χ2v) is 14.9. The van der Waals surface area contributed by atoms with E-state index in [0.717, 1.165) is 0 Å². The quantitative estimate of drug-likeness (QED) is 0.0365. The van der Waals surface area contributed by atoms with Gasteiger partial charge in [-0.15, -0.1) is 4.99 Å². The van der Waals surface area contributed by atoms with Crippen molar-refractivity contribution in [2.24, 2.45) is 4.99 Å². The second-order valence-electron chi connectivity index (χ2n) is 14.2. The predicted molar refractivity (Wildman–Crippen MR) is 220 cm³/mol. The number of aliphatic hydroxyl groups is 1. The molecule has 2 saturated heterocycles. The van der Waals surface area contributed by atoms with Crippen LogP contribution in [0.5, 0.6) is 0 Å². The average molecular weight is 896 g/mol. The highest BCUT2D eigenvalue weighted by atomic mass is 32.1. The third-order valence-corrected chi connectivity index (χ3v) is 9.92. The molecular formula is C38H41N9O15S. The Morgan fingerprint density at radius 3 is 1.81 bits per heavy atom. The highest BCUT2D eigenvalue weighted by Crippen LogP contribution is 2.26. The number of nitrogens with one attached hydrogen (secondary N) is 3. The predicted octanol–water partition coefficient (Wildman–Crippen LogP) is 3.10. The van der Waals surface area contributed by atoms with Crippen molar-refractivity contribution in [3.05, 3.63) is 120 Å². The number of ether oxygens (including phenoxy) is 3. The summed E-state index contributed by atoms with van der Waals surface area (Å²) in [5, 5.41) is 50.6. The van der Waals surface area contributed by atoms with Gasteiger partial charge in [-0.3, -0.25) is 50.1 Å². The smallest absolute Gasteiger partial charge is 0.437 e. The maximum absolute atomic E-state index is 13.6. The molecule has 24 nitrogen and oxygen atoms in total. The molecule has 2 aliphatic rings. The Bertz CT molecular complexity index is 2210. The van der Waals surface area contributed by atoms with Crippen molar-refractivity contribution >= 4 is 65.7 Å². The van der Waals surface area contributed by atoms with Gasteiger partial charge in [0.15, 0.2) is 0 Å². The van der Waals surface area contributed by atoms with Crippen LogP contribution < -0.4 is 16.0 Å². The van der Waals surface area contributed by atoms with Gasteiger partial charge in [0.05, 0.1) is 27.3 Å². The Kier molecular flexibility index (Phi) is 16.2. The highest BCUT2D eigenvalue weighted by molar-refractivity contribution is 7.81. The first-order chi connectivity index (χ1) is 30.0. The van der Waals surface area contributed by atoms with Gasteiger partial charge >= 0.3 is 18.3 Å². The fourth-order valence-corrected chi connectivity index (χ4v) is 6.73. The number of rotatable bonds is 15. The fraction of sp³-hybridized carbons (Fsp3) is 0.368. The van der Waals surface area contributed by atoms with Crippen LogP contribution in [0.15, 0.2) is 77.8 Å². The molecule has 0 saturated carbocycles. The molecule has 25 heteroatoms. The maximum atomic E-state index is 13.6. The molecule has 4 N–H and O–H groups in total. The van der Waals surface area contributed by atoms with Crippen molar-refractivity contribution in [1.29, 1.82) is 0 Å². The van der Waals surface area contributed by atoms with Crippen LogP contribution >= 0.6 is 12.6 Å². The van der Waals surface area contributed by atoms with E-state index in [1.54, 1.807) is 0 Å². The summed E-state index contributed by atoms with van der Waals surface area (Å²) in [6, 6.07) is 14.4. The molecule has 334 valence electrons. The van der Waals surface area contributed by atoms with Crippen LogP contribution in [-0.2, 0) is 43.6 Å². The van der Waals surface area contributed by atoms with E-state index < -0.39 is 76.1 Å². The van der Waals surface area contributed by atoms with E-state index in [4.69, 9.17) is 14.2 Å². The number of alkyl carbamates (subject to hydrolysis) is 1. The molecule has 0 bridgehead atoms. The van der Waals surface area contributed by atoms with Crippen molar-refractivity contribution < 1.29 is 58.1 Å². The second kappa shape index (κ2) is 21.9. The summed E-state index contributed by atoms with van der Waals surface area (Å²) in [6.07, 6.45) is -4.33. The largest absolute Gasteiger partial charge is 0.445 e. The van der Waals surface area contributed by atoms with Crippen molar-refractivity contribution in [2.75, 3.05) is 26.2 Å². The van der Waals surface area contributed by atoms with Crippen molar-refractivity contribution in [3.8, 4) is 0 Å². The van der Waals surface area contributed by atoms with Crippen LogP contribution in [0.1, 0.15) is 36.0 Å². The van der Waals surface area contributed by atoms with E-state index in [2.05, 4.69) is 33.6 Å². The summed E-state index contributed by atoms with van der Waals surface area (Å²) >= 11 is 4.47. The lowest BCUT2D eigenvalue weighted by molar-refractivity contribution is -0.385. The van der Waals surface area contributed by atoms with Crippen LogP contribution in [-0.4, -0.2) is 115 Å². The number of thiol groups is 1. The summed E-state index contributed by atoms with van der Waals surface area (Å²) in [5.41, 5.74) is 0.817. The first-order valence-corrected chi connectivity index (χ1v) is 19.6. The lowest BCUT2D eigenvalue weighted by Gasteiger charge is -2.27. The Hall–Kier alpha value is -7.41. The van der Waals surface area contributed by atoms with Gasteiger partial charge in [0.2, 0.25) is 17.8 Å². The fourth-order valence-electron chi connectivity index (χ4n) is 6.36. The molecule has 63 heavy (non-hydrogen) atoms. The van der Waals surface area contributed by atoms with Crippen LogP contribution in [0.25, 0.3) is 0 Å². The van der Waals surface area contributed by atoms with E-state index >= 15 is 0 Å². The molecule has 4 atom stereocenters. The van der Waals surface area contributed by atoms with E-state index in [0.29, 0.717) is 23.1 Å². The van der Waals surface area contributed by atoms with E-state index in [-0.39, 0.29) is 74.1 Å². The number of aliphatic imine (C=N–C) groups is 1. The number of hydrogen-bond acceptors (Lipinski definition) is 16. The number of nitrogens with zero attached hydrogens (tertiary/aromatic N) is 6. The summed E-state index contributed by atoms with van der Waals surface area (Å²) in [5.74, 6) is -1.49. The first kappa shape index (κ1) is 46.7. The minimum atomic E-state index is -1.40. The number of hydrogen-bond donors (Lipinski definition) is 5. The monoisotopic (exact) mass is 895 g/mol. The molecule has 0 radical (unpaired) electrons. The van der Waals surface area contributed by atoms with Gasteiger partial charge in [-0.05, 0) is 65.9 Å². The Labute approximate surface area is 362 Å². The number of guanidine groups is 1. The number of aliphatic hydroxyl groups excluding tert-OH is 1. The lowest BCUT2D eigenvalue weighted by Crippen LogP contribution is -2.48. The topological polar surface area (TPSA) is 318 Å². The number of benzene rings is 3. The summed E-state index contributed by atoms with van der Waals surface area (Å²) < 4.78 is 15.6. The highest BCUT2D eigenvalue weighted by Gasteiger charge is 2.42. The van der Waals surface area contributed by atoms with Gasteiger partial charge in [-0.1, -0.05) is 0 Å². The molecule has 2 fully saturated rings. The third-order valence-electron chi connectivity index (χ3n) is 9.55. The lowest BCUT2D eigenvalue weighted by atomic mass is 10.2. The normalized spacial score (nSPS) is 17.6. The van der Waals surface area contributed by atoms with Crippen LogP contribution in [0.3, 0.4) is 0 Å². The van der Waals surface area contributed by atoms with Gasteiger partial charge < -0.3 is 34.9 Å². The van der Waals surface area contributed by atoms with Crippen molar-refractivity contribution in [3.63, 3.8) is 0 Å². The number of likely N-dealkylation sites (tertiary alicyclic amines) is 2. The van der Waals surface area contributed by atoms with Crippen LogP contribution in [0.4, 0.5) is 31.4 Å². The number of amides is 5. The summed E-state index contributed by atoms with van der Waals surface area (Å²) in [6.45, 7) is -0.759. The molecule has 3 aromatic carbocycles. The summed E-state index contributed by atoms with van der Waals surface area (Å²) in [4.78, 5) is 102. The number of nitro groups is 3. The zero-order valence-electron chi connectivity index (χ0n) is 33.1. The first-order valence-electron chi connectivity index (χ1n) is 19.0. The van der Waals surface area contributed by atoms with E-state index in [1.807, 2.05) is 0 Å². The number of non-ortho nitro benzene ring substituents is 3. The Morgan fingerprint density at radius 1 is 0.778 bits per heavy atom. The zero-order valence-corrected chi connectivity index (χ0v) is 34.0. The molecule has 5 rings (SSSR count). The van der Waals surface area contributed by atoms with E-state index in [1.165, 1.54) is 82.6 Å². The number of nitro benzene ring substituents is 3. The average Bonchev–Trinajstić information content (AvgIpc) is 3.89. The zero-order chi connectivity index (χ0) is 45.6. The molecule has 3 aromatic rings. The minimum absolute atomic E-state index is 0.114. The minimum Gasteiger partial charge on any atom is -0.445 e. The molecule has 0 spiro atoms. The third kappa shape index (κ3) is 14.1. The van der Waals surface area contributed by atoms with Gasteiger partial charge in [-0.25, -0.2) is 14.4 Å². The molecular weight excluding hydrogens is 855 g/mol. The number of carbonyl (C=O) groups excluding carboxylic acids is 5. The molecule has 1 unspecified atom stereocenters. The molecule has 5 amide bonds. The molecule has 0 aromatic heterocycles. The van der Waals surface area contributed by atoms with Gasteiger partial charge in [0, 0.05) is 73.9 Å². The van der Waals surface area contributed by atoms with Crippen molar-refractivity contribution in [2.45, 2.75) is 62.5 Å². The van der Waals surface area contributed by atoms with Gasteiger partial charge in [0.25, 0.3) is 17.1 Å². The number of carbonyl (C=O) groups is 5. The van der Waals surface area contributed by atoms with E-state index in [9.17, 15) is 59.4 Å². The van der Waals surface area contributed by atoms with Gasteiger partial charge in [0.1, 0.15) is 25.9 Å². The molecule has 2 aliphatic heterocycles. The summed E-state index contributed by atoms with van der Waals surface area (Å²) in [7, 11) is 0. The molecule has 0 aliphatic carbocycles. The van der Waals surface area contributed by atoms with Crippen LogP contribution in [0.2, 0.25) is 0 Å². The SMILES string of the molecule is O=C(CC(O)CN/C(=N\C(=O)OCc1ccc([N+](=O)[O-])cc1)NC(=O)OCc1ccc([N+](=O)[O-])cc1)N[C@H]1CCN(C(=O)[C@@H]2C[C@H](S)CN2C(=O)OCc2ccc([N+](=O)[O-])cc2)C1. The Morgan fingerprint density at radius 2 is 1.29 bits per heavy atom.